The van der Waals surface area contributed by atoms with E-state index in [2.05, 4.69) is 0 Å². The van der Waals surface area contributed by atoms with Crippen LogP contribution in [0.25, 0.3) is 0 Å². The Balaban J connectivity index is 3.08. The highest BCUT2D eigenvalue weighted by Gasteiger charge is 2.21. The van der Waals surface area contributed by atoms with E-state index < -0.39 is 6.10 Å². The smallest absolute Gasteiger partial charge is 0.0821 e. The summed E-state index contributed by atoms with van der Waals surface area (Å²) in [5.74, 6) is 0. The van der Waals surface area contributed by atoms with Gasteiger partial charge in [-0.25, -0.2) is 0 Å². The van der Waals surface area contributed by atoms with Crippen molar-refractivity contribution >= 4 is 0 Å². The lowest BCUT2D eigenvalue weighted by atomic mass is 9.90. The van der Waals surface area contributed by atoms with Crippen molar-refractivity contribution in [2.24, 2.45) is 5.41 Å². The van der Waals surface area contributed by atoms with Crippen LogP contribution in [0, 0.1) is 5.41 Å². The first-order valence-electron chi connectivity index (χ1n) is 12.5. The molecule has 0 saturated carbocycles. The average Bonchev–Trinajstić information content (AvgIpc) is 2.82. The lowest BCUT2D eigenvalue weighted by Crippen LogP contribution is -2.31. The molecule has 0 aliphatic rings. The van der Waals surface area contributed by atoms with Crippen LogP contribution >= 0.6 is 0 Å². The van der Waals surface area contributed by atoms with Crippen LogP contribution in [0.1, 0.15) is 20.8 Å². The summed E-state index contributed by atoms with van der Waals surface area (Å²) in [6, 6.07) is 0. The number of hydrogen-bond acceptors (Lipinski definition) is 11. The highest BCUT2D eigenvalue weighted by molar-refractivity contribution is 4.71. The zero-order valence-electron chi connectivity index (χ0n) is 22.1. The molecule has 0 aliphatic heterocycles. The molecule has 0 bridgehead atoms. The molecule has 0 rings (SSSR count). The Morgan fingerprint density at radius 3 is 0.886 bits per heavy atom. The van der Waals surface area contributed by atoms with Gasteiger partial charge in [0, 0.05) is 0 Å². The predicted molar refractivity (Wildman–Crippen MR) is 130 cm³/mol. The van der Waals surface area contributed by atoms with E-state index in [-0.39, 0.29) is 12.0 Å². The minimum Gasteiger partial charge on any atom is -0.394 e. The van der Waals surface area contributed by atoms with Gasteiger partial charge in [-0.3, -0.25) is 0 Å². The van der Waals surface area contributed by atoms with Gasteiger partial charge in [0.05, 0.1) is 132 Å². The fourth-order valence-corrected chi connectivity index (χ4v) is 2.27. The van der Waals surface area contributed by atoms with Gasteiger partial charge in [0.25, 0.3) is 0 Å². The largest absolute Gasteiger partial charge is 0.394 e. The van der Waals surface area contributed by atoms with E-state index in [1.54, 1.807) is 0 Å². The average molecular weight is 515 g/mol. The minimum absolute atomic E-state index is 0.0267. The molecule has 212 valence electrons. The second-order valence-corrected chi connectivity index (χ2v) is 8.58. The van der Waals surface area contributed by atoms with E-state index in [0.717, 1.165) is 0 Å². The third-order valence-electron chi connectivity index (χ3n) is 4.49. The van der Waals surface area contributed by atoms with Crippen molar-refractivity contribution < 1.29 is 52.8 Å². The summed E-state index contributed by atoms with van der Waals surface area (Å²) in [4.78, 5) is 0. The maximum absolute atomic E-state index is 9.85. The topological polar surface area (TPSA) is 124 Å². The molecule has 11 heteroatoms. The molecule has 0 amide bonds. The van der Waals surface area contributed by atoms with Crippen LogP contribution in [0.4, 0.5) is 0 Å². The predicted octanol–water partition coefficient (Wildman–Crippen LogP) is 0.535. The molecule has 0 heterocycles. The van der Waals surface area contributed by atoms with E-state index in [1.165, 1.54) is 0 Å². The van der Waals surface area contributed by atoms with Crippen LogP contribution in [0.15, 0.2) is 0 Å². The standard InChI is InChI=1S/C24H50O11/c1-24(2,3)23(26)22-35-21-20-34-19-18-33-17-16-32-15-14-31-13-12-30-11-10-29-9-8-28-7-6-27-5-4-25/h23,25-26H,4-22H2,1-3H3. The van der Waals surface area contributed by atoms with Gasteiger partial charge in [-0.15, -0.1) is 0 Å². The Morgan fingerprint density at radius 2 is 0.657 bits per heavy atom. The van der Waals surface area contributed by atoms with Crippen molar-refractivity contribution in [2.45, 2.75) is 26.9 Å². The molecule has 0 aromatic carbocycles. The van der Waals surface area contributed by atoms with Gasteiger partial charge >= 0.3 is 0 Å². The maximum atomic E-state index is 9.85. The fourth-order valence-electron chi connectivity index (χ4n) is 2.27. The zero-order valence-corrected chi connectivity index (χ0v) is 22.1. The summed E-state index contributed by atoms with van der Waals surface area (Å²) in [5, 5.41) is 18.4. The van der Waals surface area contributed by atoms with Gasteiger partial charge in [-0.2, -0.15) is 0 Å². The molecule has 0 aromatic rings. The second-order valence-electron chi connectivity index (χ2n) is 8.58. The number of rotatable bonds is 28. The van der Waals surface area contributed by atoms with Gasteiger partial charge < -0.3 is 52.8 Å². The van der Waals surface area contributed by atoms with Gasteiger partial charge in [0.2, 0.25) is 0 Å². The SMILES string of the molecule is CC(C)(C)C(O)COCCOCCOCCOCCOCCOCCOCCOCCOCCO. The highest BCUT2D eigenvalue weighted by Crippen LogP contribution is 2.18. The Morgan fingerprint density at radius 1 is 0.429 bits per heavy atom. The molecule has 1 atom stereocenters. The normalized spacial score (nSPS) is 12.9. The van der Waals surface area contributed by atoms with Crippen LogP contribution in [-0.2, 0) is 42.6 Å². The van der Waals surface area contributed by atoms with Gasteiger partial charge in [-0.1, -0.05) is 20.8 Å². The molecule has 0 spiro atoms. The quantitative estimate of drug-likeness (QED) is 0.142. The van der Waals surface area contributed by atoms with Crippen molar-refractivity contribution in [3.63, 3.8) is 0 Å². The molecule has 0 aliphatic carbocycles. The summed E-state index contributed by atoms with van der Waals surface area (Å²) in [6.45, 7) is 14.5. The monoisotopic (exact) mass is 514 g/mol. The minimum atomic E-state index is -0.484. The third kappa shape index (κ3) is 28.0. The third-order valence-corrected chi connectivity index (χ3v) is 4.49. The first kappa shape index (κ1) is 34.6. The van der Waals surface area contributed by atoms with Crippen molar-refractivity contribution in [1.29, 1.82) is 0 Å². The number of hydrogen-bond donors (Lipinski definition) is 2. The molecule has 2 N–H and O–H groups in total. The van der Waals surface area contributed by atoms with Gasteiger partial charge in [-0.05, 0) is 5.41 Å². The summed E-state index contributed by atoms with van der Waals surface area (Å²) in [7, 11) is 0. The summed E-state index contributed by atoms with van der Waals surface area (Å²) in [6.07, 6.45) is -0.484. The maximum Gasteiger partial charge on any atom is 0.0821 e. The van der Waals surface area contributed by atoms with E-state index in [9.17, 15) is 5.11 Å². The summed E-state index contributed by atoms with van der Waals surface area (Å²) in [5.41, 5.74) is -0.177. The Hall–Kier alpha value is -0.440. The lowest BCUT2D eigenvalue weighted by Gasteiger charge is -2.25. The molecule has 0 fully saturated rings. The number of ether oxygens (including phenoxy) is 9. The molecule has 11 nitrogen and oxygen atoms in total. The Labute approximate surface area is 211 Å². The van der Waals surface area contributed by atoms with Crippen molar-refractivity contribution in [1.82, 2.24) is 0 Å². The van der Waals surface area contributed by atoms with Crippen LogP contribution in [0.5, 0.6) is 0 Å². The van der Waals surface area contributed by atoms with Crippen LogP contribution in [0.2, 0.25) is 0 Å². The molecular formula is C24H50O11. The summed E-state index contributed by atoms with van der Waals surface area (Å²) >= 11 is 0. The lowest BCUT2D eigenvalue weighted by molar-refractivity contribution is -0.0435. The molecule has 0 radical (unpaired) electrons. The number of aliphatic hydroxyl groups excluding tert-OH is 2. The first-order valence-corrected chi connectivity index (χ1v) is 12.5. The molecule has 35 heavy (non-hydrogen) atoms. The van der Waals surface area contributed by atoms with Gasteiger partial charge in [0.15, 0.2) is 0 Å². The first-order chi connectivity index (χ1) is 17.0. The van der Waals surface area contributed by atoms with E-state index in [0.29, 0.717) is 119 Å². The van der Waals surface area contributed by atoms with Crippen LogP contribution in [0.3, 0.4) is 0 Å². The van der Waals surface area contributed by atoms with E-state index in [4.69, 9.17) is 47.7 Å². The Bertz CT molecular complexity index is 407. The molecular weight excluding hydrogens is 464 g/mol. The summed E-state index contributed by atoms with van der Waals surface area (Å²) < 4.78 is 48.3. The fraction of sp³-hybridized carbons (Fsp3) is 1.00. The molecule has 0 aromatic heterocycles. The van der Waals surface area contributed by atoms with Crippen molar-refractivity contribution in [3.05, 3.63) is 0 Å². The van der Waals surface area contributed by atoms with Gasteiger partial charge in [0.1, 0.15) is 0 Å². The second kappa shape index (κ2) is 26.6. The van der Waals surface area contributed by atoms with Crippen LogP contribution in [-0.4, -0.2) is 142 Å². The molecule has 1 unspecified atom stereocenters. The van der Waals surface area contributed by atoms with Crippen LogP contribution < -0.4 is 0 Å². The Kier molecular flexibility index (Phi) is 26.3. The molecule has 0 saturated heterocycles. The van der Waals surface area contributed by atoms with Crippen molar-refractivity contribution in [3.8, 4) is 0 Å². The van der Waals surface area contributed by atoms with Crippen molar-refractivity contribution in [2.75, 3.05) is 126 Å². The highest BCUT2D eigenvalue weighted by atomic mass is 16.6. The van der Waals surface area contributed by atoms with E-state index >= 15 is 0 Å². The number of aliphatic hydroxyl groups is 2. The van der Waals surface area contributed by atoms with E-state index in [1.807, 2.05) is 20.8 Å². The zero-order chi connectivity index (χ0) is 25.9.